The summed E-state index contributed by atoms with van der Waals surface area (Å²) in [6.45, 7) is 4.62. The second kappa shape index (κ2) is 3.58. The van der Waals surface area contributed by atoms with Gasteiger partial charge in [0.1, 0.15) is 6.10 Å². The monoisotopic (exact) mass is 160 g/mol. The van der Waals surface area contributed by atoms with Gasteiger partial charge >= 0.3 is 7.60 Å². The highest BCUT2D eigenvalue weighted by atomic mass is 31.2. The normalized spacial score (nSPS) is 18.5. The summed E-state index contributed by atoms with van der Waals surface area (Å²) in [4.78, 5) is 8.74. The highest BCUT2D eigenvalue weighted by Gasteiger charge is 2.15. The molecule has 4 heteroatoms. The van der Waals surface area contributed by atoms with Crippen LogP contribution < -0.4 is 0 Å². The highest BCUT2D eigenvalue weighted by Crippen LogP contribution is 2.43. The van der Waals surface area contributed by atoms with Crippen LogP contribution in [0.15, 0.2) is 12.4 Å². The third-order valence-corrected chi connectivity index (χ3v) is 1.85. The maximum Gasteiger partial charge on any atom is 0.352 e. The van der Waals surface area contributed by atoms with E-state index in [1.165, 1.54) is 6.92 Å². The molecule has 0 aliphatic carbocycles. The van der Waals surface area contributed by atoms with Gasteiger partial charge in [0.15, 0.2) is 0 Å². The Labute approximate surface area is 60.2 Å². The van der Waals surface area contributed by atoms with E-state index in [4.69, 9.17) is 11.3 Å². The molecule has 0 radical (unpaired) electrons. The molecule has 0 aromatic carbocycles. The Morgan fingerprint density at radius 3 is 2.80 bits per heavy atom. The van der Waals surface area contributed by atoms with Crippen LogP contribution in [0.5, 0.6) is 0 Å². The average molecular weight is 160 g/mol. The fraction of sp³-hybridized carbons (Fsp3) is 0.333. The van der Waals surface area contributed by atoms with Crippen molar-refractivity contribution in [1.29, 1.82) is 0 Å². The molecule has 0 rings (SSSR count). The van der Waals surface area contributed by atoms with Gasteiger partial charge < -0.3 is 4.89 Å². The Balaban J connectivity index is 4.05. The summed E-state index contributed by atoms with van der Waals surface area (Å²) in [5, 5.41) is 0. The summed E-state index contributed by atoms with van der Waals surface area (Å²) in [7, 11) is -3.62. The zero-order valence-corrected chi connectivity index (χ0v) is 6.54. The molecule has 0 amide bonds. The van der Waals surface area contributed by atoms with Crippen LogP contribution >= 0.6 is 7.60 Å². The van der Waals surface area contributed by atoms with E-state index >= 15 is 0 Å². The van der Waals surface area contributed by atoms with Gasteiger partial charge in [-0.15, -0.1) is 6.42 Å². The maximum absolute atomic E-state index is 10.7. The SMILES string of the molecule is C#CC(C)OP(=O)(O)C=C. The minimum absolute atomic E-state index is 0.658. The molecule has 0 aromatic rings. The molecule has 0 saturated heterocycles. The first-order valence-electron chi connectivity index (χ1n) is 2.62. The van der Waals surface area contributed by atoms with Gasteiger partial charge in [-0.2, -0.15) is 0 Å². The van der Waals surface area contributed by atoms with Crippen molar-refractivity contribution in [3.05, 3.63) is 12.4 Å². The van der Waals surface area contributed by atoms with E-state index in [-0.39, 0.29) is 0 Å². The van der Waals surface area contributed by atoms with E-state index in [0.717, 1.165) is 5.82 Å². The van der Waals surface area contributed by atoms with Crippen molar-refractivity contribution in [2.45, 2.75) is 13.0 Å². The first-order valence-corrected chi connectivity index (χ1v) is 4.27. The van der Waals surface area contributed by atoms with Gasteiger partial charge in [-0.25, -0.2) is 0 Å². The summed E-state index contributed by atoms with van der Waals surface area (Å²) >= 11 is 0. The van der Waals surface area contributed by atoms with Gasteiger partial charge in [0.25, 0.3) is 0 Å². The lowest BCUT2D eigenvalue weighted by Crippen LogP contribution is -2.00. The molecule has 2 unspecified atom stereocenters. The first kappa shape index (κ1) is 9.45. The molecule has 10 heavy (non-hydrogen) atoms. The topological polar surface area (TPSA) is 46.5 Å². The summed E-state index contributed by atoms with van der Waals surface area (Å²) < 4.78 is 15.2. The molecule has 0 aromatic heterocycles. The van der Waals surface area contributed by atoms with Crippen LogP contribution in [0, 0.1) is 12.3 Å². The Morgan fingerprint density at radius 1 is 2.00 bits per heavy atom. The van der Waals surface area contributed by atoms with Gasteiger partial charge in [-0.3, -0.25) is 9.09 Å². The lowest BCUT2D eigenvalue weighted by Gasteiger charge is -2.08. The van der Waals surface area contributed by atoms with Crippen molar-refractivity contribution >= 4 is 7.60 Å². The Bertz CT molecular complexity index is 204. The van der Waals surface area contributed by atoms with E-state index in [1.54, 1.807) is 0 Å². The number of hydrogen-bond acceptors (Lipinski definition) is 2. The van der Waals surface area contributed by atoms with Gasteiger partial charge in [-0.05, 0) is 6.92 Å². The summed E-state index contributed by atoms with van der Waals surface area (Å²) in [6.07, 6.45) is 4.23. The van der Waals surface area contributed by atoms with Crippen LogP contribution in [0.2, 0.25) is 0 Å². The minimum atomic E-state index is -3.62. The van der Waals surface area contributed by atoms with Crippen LogP contribution in [-0.2, 0) is 9.09 Å². The molecule has 0 fully saturated rings. The quantitative estimate of drug-likeness (QED) is 0.500. The molecule has 0 spiro atoms. The number of rotatable bonds is 3. The average Bonchev–Trinajstić information content (AvgIpc) is 1.87. The fourth-order valence-electron chi connectivity index (χ4n) is 0.300. The second-order valence-electron chi connectivity index (χ2n) is 1.66. The van der Waals surface area contributed by atoms with E-state index in [2.05, 4.69) is 17.0 Å². The zero-order chi connectivity index (χ0) is 8.20. The van der Waals surface area contributed by atoms with Crippen molar-refractivity contribution in [2.75, 3.05) is 0 Å². The standard InChI is InChI=1S/C6H9O3P/c1-4-6(3)9-10(7,8)5-2/h1,5-6H,2H2,3H3,(H,7,8). The van der Waals surface area contributed by atoms with Crippen LogP contribution in [0.25, 0.3) is 0 Å². The molecule has 0 heterocycles. The minimum Gasteiger partial charge on any atom is -0.321 e. The molecule has 0 aliphatic heterocycles. The largest absolute Gasteiger partial charge is 0.352 e. The van der Waals surface area contributed by atoms with Crippen LogP contribution in [0.1, 0.15) is 6.92 Å². The van der Waals surface area contributed by atoms with E-state index in [9.17, 15) is 4.57 Å². The van der Waals surface area contributed by atoms with Gasteiger partial charge in [0, 0.05) is 5.82 Å². The van der Waals surface area contributed by atoms with E-state index < -0.39 is 13.7 Å². The van der Waals surface area contributed by atoms with Crippen LogP contribution in [0.4, 0.5) is 0 Å². The van der Waals surface area contributed by atoms with E-state index in [1.807, 2.05) is 0 Å². The molecule has 0 bridgehead atoms. The van der Waals surface area contributed by atoms with Gasteiger partial charge in [-0.1, -0.05) is 12.5 Å². The van der Waals surface area contributed by atoms with Crippen molar-refractivity contribution in [1.82, 2.24) is 0 Å². The first-order chi connectivity index (χ1) is 4.52. The van der Waals surface area contributed by atoms with Crippen molar-refractivity contribution < 1.29 is 14.0 Å². The van der Waals surface area contributed by atoms with Crippen LogP contribution in [-0.4, -0.2) is 11.0 Å². The molecular weight excluding hydrogens is 151 g/mol. The summed E-state index contributed by atoms with van der Waals surface area (Å²) in [5.41, 5.74) is 0. The fourth-order valence-corrected chi connectivity index (χ4v) is 0.900. The molecule has 3 nitrogen and oxygen atoms in total. The van der Waals surface area contributed by atoms with Crippen molar-refractivity contribution in [3.8, 4) is 12.3 Å². The predicted molar refractivity (Wildman–Crippen MR) is 39.4 cm³/mol. The third kappa shape index (κ3) is 3.47. The summed E-state index contributed by atoms with van der Waals surface area (Å²) in [5.74, 6) is 3.00. The lowest BCUT2D eigenvalue weighted by atomic mass is 10.4. The van der Waals surface area contributed by atoms with Gasteiger partial charge in [0.2, 0.25) is 0 Å². The Hall–Kier alpha value is -0.550. The van der Waals surface area contributed by atoms with Crippen molar-refractivity contribution in [2.24, 2.45) is 0 Å². The second-order valence-corrected chi connectivity index (χ2v) is 3.37. The van der Waals surface area contributed by atoms with Crippen LogP contribution in [0.3, 0.4) is 0 Å². The predicted octanol–water partition coefficient (Wildman–Crippen LogP) is 1.35. The molecule has 0 aliphatic rings. The van der Waals surface area contributed by atoms with E-state index in [0.29, 0.717) is 0 Å². The Morgan fingerprint density at radius 2 is 2.50 bits per heavy atom. The Kier molecular flexibility index (Phi) is 3.38. The molecule has 0 saturated carbocycles. The molecular formula is C6H9O3P. The maximum atomic E-state index is 10.7. The molecule has 56 valence electrons. The highest BCUT2D eigenvalue weighted by molar-refractivity contribution is 7.56. The molecule has 1 N–H and O–H groups in total. The van der Waals surface area contributed by atoms with Crippen molar-refractivity contribution in [3.63, 3.8) is 0 Å². The van der Waals surface area contributed by atoms with Gasteiger partial charge in [0.05, 0.1) is 0 Å². The third-order valence-electron chi connectivity index (χ3n) is 0.775. The number of hydrogen-bond donors (Lipinski definition) is 1. The smallest absolute Gasteiger partial charge is 0.321 e. The molecule has 2 atom stereocenters. The summed E-state index contributed by atoms with van der Waals surface area (Å²) in [6, 6.07) is 0. The lowest BCUT2D eigenvalue weighted by molar-refractivity contribution is 0.239. The number of terminal acetylenes is 1. The zero-order valence-electron chi connectivity index (χ0n) is 5.65.